The molecule has 0 saturated heterocycles. The van der Waals surface area contributed by atoms with Gasteiger partial charge in [-0.3, -0.25) is 0 Å². The van der Waals surface area contributed by atoms with Crippen molar-refractivity contribution >= 4 is 0 Å². The smallest absolute Gasteiger partial charge is 0.370 e. The van der Waals surface area contributed by atoms with Crippen LogP contribution in [0.2, 0.25) is 0 Å². The number of hydrogen-bond donors (Lipinski definition) is 0. The zero-order valence-electron chi connectivity index (χ0n) is 21.9. The second-order valence-corrected chi connectivity index (χ2v) is 9.81. The minimum absolute atomic E-state index is 0.0716. The molecular formula is C28H35F6NO2. The molecule has 2 aromatic carbocycles. The number of unbranched alkanes of at least 4 members (excludes halogenated alkanes) is 2. The summed E-state index contributed by atoms with van der Waals surface area (Å²) in [5.74, 6) is 0. The van der Waals surface area contributed by atoms with Gasteiger partial charge in [-0.2, -0.15) is 26.3 Å². The van der Waals surface area contributed by atoms with E-state index in [4.69, 9.17) is 9.47 Å². The molecule has 0 spiro atoms. The average molecular weight is 532 g/mol. The van der Waals surface area contributed by atoms with Gasteiger partial charge >= 0.3 is 12.6 Å². The number of benzene rings is 2. The van der Waals surface area contributed by atoms with Gasteiger partial charge in [0.1, 0.15) is 11.2 Å². The zero-order chi connectivity index (χ0) is 27.6. The molecule has 0 radical (unpaired) electrons. The van der Waals surface area contributed by atoms with Crippen molar-refractivity contribution in [2.75, 3.05) is 20.8 Å². The summed E-state index contributed by atoms with van der Waals surface area (Å²) in [6, 6.07) is 12.1. The van der Waals surface area contributed by atoms with Gasteiger partial charge in [0, 0.05) is 20.8 Å². The summed E-state index contributed by atoms with van der Waals surface area (Å²) in [6.45, 7) is 4.82. The van der Waals surface area contributed by atoms with Crippen molar-refractivity contribution in [2.24, 2.45) is 0 Å². The highest BCUT2D eigenvalue weighted by atomic mass is 19.4. The Hall–Kier alpha value is -2.10. The Bertz CT molecular complexity index is 1070. The fourth-order valence-corrected chi connectivity index (χ4v) is 5.79. The van der Waals surface area contributed by atoms with Gasteiger partial charge < -0.3 is 9.47 Å². The van der Waals surface area contributed by atoms with Crippen LogP contribution in [-0.2, 0) is 20.7 Å². The van der Waals surface area contributed by atoms with E-state index in [0.717, 1.165) is 46.2 Å². The summed E-state index contributed by atoms with van der Waals surface area (Å²) in [5, 5.41) is 0. The van der Waals surface area contributed by atoms with E-state index >= 15 is 0 Å². The number of nitrogens with zero attached hydrogens (tertiary/aromatic N) is 1. The largest absolute Gasteiger partial charge is 0.467 e. The number of alkyl halides is 6. The quantitative estimate of drug-likeness (QED) is 0.175. The predicted molar refractivity (Wildman–Crippen MR) is 131 cm³/mol. The molecule has 2 aromatic rings. The molecule has 0 N–H and O–H groups in total. The molecule has 2 unspecified atom stereocenters. The monoisotopic (exact) mass is 531 g/mol. The maximum Gasteiger partial charge on any atom is 0.467 e. The van der Waals surface area contributed by atoms with Crippen LogP contribution in [0.25, 0.3) is 11.1 Å². The van der Waals surface area contributed by atoms with Crippen LogP contribution in [0.3, 0.4) is 0 Å². The van der Waals surface area contributed by atoms with Crippen LogP contribution in [0.4, 0.5) is 26.3 Å². The van der Waals surface area contributed by atoms with E-state index in [1.807, 2.05) is 44.2 Å². The van der Waals surface area contributed by atoms with Crippen LogP contribution >= 0.6 is 0 Å². The minimum Gasteiger partial charge on any atom is -0.370 e. The fraction of sp³-hybridized carbons (Fsp3) is 0.571. The average Bonchev–Trinajstić information content (AvgIpc) is 2.81. The number of methoxy groups -OCH3 is 2. The first-order valence-corrected chi connectivity index (χ1v) is 12.5. The van der Waals surface area contributed by atoms with Gasteiger partial charge in [-0.05, 0) is 61.8 Å². The van der Waals surface area contributed by atoms with Gasteiger partial charge in [0.2, 0.25) is 0 Å². The normalized spacial score (nSPS) is 21.7. The van der Waals surface area contributed by atoms with Crippen molar-refractivity contribution in [1.82, 2.24) is 4.90 Å². The molecule has 0 aromatic heterocycles. The molecule has 37 heavy (non-hydrogen) atoms. The van der Waals surface area contributed by atoms with Crippen molar-refractivity contribution in [1.29, 1.82) is 0 Å². The molecule has 0 saturated carbocycles. The molecule has 206 valence electrons. The van der Waals surface area contributed by atoms with Gasteiger partial charge in [-0.1, -0.05) is 67.3 Å². The molecule has 0 heterocycles. The van der Waals surface area contributed by atoms with Gasteiger partial charge in [-0.25, -0.2) is 0 Å². The molecular weight excluding hydrogens is 496 g/mol. The summed E-state index contributed by atoms with van der Waals surface area (Å²) in [4.78, 5) is -1.36. The molecule has 1 aliphatic carbocycles. The Kier molecular flexibility index (Phi) is 8.71. The predicted octanol–water partition coefficient (Wildman–Crippen LogP) is 8.37. The number of halogens is 6. The van der Waals surface area contributed by atoms with Crippen LogP contribution in [0.1, 0.15) is 67.7 Å². The first-order chi connectivity index (χ1) is 17.3. The van der Waals surface area contributed by atoms with Crippen molar-refractivity contribution in [3.63, 3.8) is 0 Å². The van der Waals surface area contributed by atoms with Crippen LogP contribution in [0.5, 0.6) is 0 Å². The molecule has 9 heteroatoms. The highest BCUT2D eigenvalue weighted by Crippen LogP contribution is 2.59. The molecule has 0 aliphatic heterocycles. The summed E-state index contributed by atoms with van der Waals surface area (Å²) in [5.41, 5.74) is 3.65. The SMILES string of the molecule is CCCCC1(OC)c2cc(C)ccc2-c2cc(C)ccc2C1(CCCCN(C(F)(F)F)C(F)(F)F)OC. The van der Waals surface area contributed by atoms with E-state index in [1.54, 1.807) is 14.2 Å². The third kappa shape index (κ3) is 5.40. The second kappa shape index (κ2) is 10.9. The Balaban J connectivity index is 2.11. The topological polar surface area (TPSA) is 21.7 Å². The lowest BCUT2D eigenvalue weighted by molar-refractivity contribution is -0.372. The zero-order valence-corrected chi connectivity index (χ0v) is 21.9. The Morgan fingerprint density at radius 2 is 1.24 bits per heavy atom. The third-order valence-electron chi connectivity index (χ3n) is 7.51. The molecule has 0 fully saturated rings. The van der Waals surface area contributed by atoms with E-state index in [2.05, 4.69) is 13.0 Å². The first kappa shape index (κ1) is 29.5. The van der Waals surface area contributed by atoms with E-state index < -0.39 is 35.2 Å². The number of fused-ring (bicyclic) bond motifs is 3. The van der Waals surface area contributed by atoms with Gasteiger partial charge in [0.25, 0.3) is 0 Å². The number of ether oxygens (including phenoxy) is 2. The summed E-state index contributed by atoms with van der Waals surface area (Å²) >= 11 is 0. The van der Waals surface area contributed by atoms with Crippen LogP contribution < -0.4 is 0 Å². The van der Waals surface area contributed by atoms with Gasteiger partial charge in [0.05, 0.1) is 0 Å². The maximum absolute atomic E-state index is 13.1. The lowest BCUT2D eigenvalue weighted by atomic mass is 9.61. The Labute approximate surface area is 214 Å². The summed E-state index contributed by atoms with van der Waals surface area (Å²) in [7, 11) is 3.14. The first-order valence-electron chi connectivity index (χ1n) is 12.5. The molecule has 1 aliphatic rings. The van der Waals surface area contributed by atoms with Crippen molar-refractivity contribution in [3.05, 3.63) is 58.7 Å². The van der Waals surface area contributed by atoms with Gasteiger partial charge in [-0.15, -0.1) is 4.90 Å². The van der Waals surface area contributed by atoms with E-state index in [9.17, 15) is 26.3 Å². The lowest BCUT2D eigenvalue weighted by Crippen LogP contribution is -2.54. The van der Waals surface area contributed by atoms with Crippen molar-refractivity contribution in [2.45, 2.75) is 83.1 Å². The second-order valence-electron chi connectivity index (χ2n) is 9.81. The van der Waals surface area contributed by atoms with E-state index in [1.165, 1.54) is 0 Å². The molecule has 2 atom stereocenters. The summed E-state index contributed by atoms with van der Waals surface area (Å²) < 4.78 is 91.0. The summed E-state index contributed by atoms with van der Waals surface area (Å²) in [6.07, 6.45) is -8.81. The van der Waals surface area contributed by atoms with Gasteiger partial charge in [0.15, 0.2) is 0 Å². The Morgan fingerprint density at radius 1 is 0.703 bits per heavy atom. The standard InChI is InChI=1S/C28H35F6NO2/c1-6-7-14-26(37-5)24-18-20(3)10-12-21(24)22-17-19(2)11-13-23(22)25(26,36-4)15-8-9-16-35(27(29,30)31)28(32,33)34/h10-13,17-18H,6-9,14-16H2,1-5H3. The van der Waals surface area contributed by atoms with Crippen molar-refractivity contribution < 1.29 is 35.8 Å². The van der Waals surface area contributed by atoms with Crippen LogP contribution in [0.15, 0.2) is 36.4 Å². The number of rotatable bonds is 10. The van der Waals surface area contributed by atoms with E-state index in [0.29, 0.717) is 6.42 Å². The number of hydrogen-bond acceptors (Lipinski definition) is 3. The Morgan fingerprint density at radius 3 is 1.81 bits per heavy atom. The van der Waals surface area contributed by atoms with E-state index in [-0.39, 0.29) is 19.3 Å². The molecule has 3 rings (SSSR count). The van der Waals surface area contributed by atoms with Crippen molar-refractivity contribution in [3.8, 4) is 11.1 Å². The molecule has 0 bridgehead atoms. The van der Waals surface area contributed by atoms with Crippen LogP contribution in [0, 0.1) is 13.8 Å². The maximum atomic E-state index is 13.1. The van der Waals surface area contributed by atoms with Crippen LogP contribution in [-0.4, -0.2) is 38.3 Å². The highest BCUT2D eigenvalue weighted by molar-refractivity contribution is 5.77. The highest BCUT2D eigenvalue weighted by Gasteiger charge is 2.58. The molecule has 0 amide bonds. The molecule has 3 nitrogen and oxygen atoms in total. The number of aryl methyl sites for hydroxylation is 2. The lowest BCUT2D eigenvalue weighted by Gasteiger charge is -2.54. The fourth-order valence-electron chi connectivity index (χ4n) is 5.79. The third-order valence-corrected chi connectivity index (χ3v) is 7.51. The minimum atomic E-state index is -5.50.